The predicted octanol–water partition coefficient (Wildman–Crippen LogP) is 7.05. The van der Waals surface area contributed by atoms with E-state index in [9.17, 15) is 88.2 Å². The van der Waals surface area contributed by atoms with Crippen molar-refractivity contribution in [3.8, 4) is 0 Å². The third-order valence-electron chi connectivity index (χ3n) is 4.22. The van der Waals surface area contributed by atoms with Crippen molar-refractivity contribution in [3.05, 3.63) is 11.6 Å². The van der Waals surface area contributed by atoms with E-state index in [0.29, 0.717) is 6.92 Å². The summed E-state index contributed by atoms with van der Waals surface area (Å²) in [6.45, 7) is 0.460. The quantitative estimate of drug-likeness (QED) is 0.227. The molecule has 0 atom stereocenters. The lowest BCUT2D eigenvalue weighted by Gasteiger charge is -2.43. The van der Waals surface area contributed by atoms with Crippen molar-refractivity contribution in [3.63, 3.8) is 0 Å². The highest BCUT2D eigenvalue weighted by Crippen LogP contribution is 2.65. The van der Waals surface area contributed by atoms with Gasteiger partial charge in [-0.3, -0.25) is 0 Å². The molecule has 0 unspecified atom stereocenters. The van der Waals surface area contributed by atoms with E-state index in [1.807, 2.05) is 0 Å². The van der Waals surface area contributed by atoms with Crippen LogP contribution in [0.5, 0.6) is 0 Å². The minimum absolute atomic E-state index is 0.0366. The molecule has 0 aromatic rings. The molecule has 208 valence electrons. The zero-order valence-electron chi connectivity index (χ0n) is 15.8. The fourth-order valence-corrected chi connectivity index (χ4v) is 2.04. The predicted molar refractivity (Wildman–Crippen MR) is 71.6 cm³/mol. The van der Waals surface area contributed by atoms with Gasteiger partial charge in [0, 0.05) is 12.0 Å². The normalized spacial score (nSPS) is 16.5. The molecule has 0 amide bonds. The molecule has 35 heavy (non-hydrogen) atoms. The Labute approximate surface area is 179 Å². The first-order valence-corrected chi connectivity index (χ1v) is 7.84. The van der Waals surface area contributed by atoms with Crippen LogP contribution in [-0.2, 0) is 4.79 Å². The molecule has 0 aliphatic rings. The molecule has 0 fully saturated rings. The molecule has 0 spiro atoms. The topological polar surface area (TPSA) is 37.3 Å². The molecule has 0 aliphatic carbocycles. The van der Waals surface area contributed by atoms with Crippen LogP contribution in [-0.4, -0.2) is 64.6 Å². The second-order valence-corrected chi connectivity index (χ2v) is 6.52. The van der Waals surface area contributed by atoms with E-state index < -0.39 is 71.5 Å². The highest BCUT2D eigenvalue weighted by molar-refractivity contribution is 5.86. The molecule has 1 N–H and O–H groups in total. The summed E-state index contributed by atoms with van der Waals surface area (Å²) in [5.74, 6) is -70.1. The summed E-state index contributed by atoms with van der Waals surface area (Å²) in [5.41, 5.74) is -1.98. The number of alkyl halides is 19. The molecule has 0 heterocycles. The maximum absolute atomic E-state index is 13.6. The molecule has 0 saturated carbocycles. The molecule has 0 aromatic heterocycles. The summed E-state index contributed by atoms with van der Waals surface area (Å²) < 4.78 is 249. The van der Waals surface area contributed by atoms with Gasteiger partial charge in [-0.2, -0.15) is 83.4 Å². The first-order chi connectivity index (χ1) is 14.9. The maximum Gasteiger partial charge on any atom is 0.460 e. The number of allylic oxidation sites excluding steroid dienone is 1. The van der Waals surface area contributed by atoms with E-state index in [2.05, 4.69) is 0 Å². The van der Waals surface area contributed by atoms with Crippen molar-refractivity contribution in [1.29, 1.82) is 0 Å². The molecule has 21 heteroatoms. The van der Waals surface area contributed by atoms with Gasteiger partial charge in [0.05, 0.1) is 0 Å². The average molecular weight is 568 g/mol. The van der Waals surface area contributed by atoms with Crippen LogP contribution in [0.3, 0.4) is 0 Å². The van der Waals surface area contributed by atoms with Gasteiger partial charge in [-0.05, 0) is 6.92 Å². The molecule has 0 rings (SSSR count). The van der Waals surface area contributed by atoms with Crippen molar-refractivity contribution < 1.29 is 93.3 Å². The summed E-state index contributed by atoms with van der Waals surface area (Å²) in [7, 11) is 0. The van der Waals surface area contributed by atoms with E-state index in [0.717, 1.165) is 0 Å². The van der Waals surface area contributed by atoms with Gasteiger partial charge in [0.2, 0.25) is 0 Å². The van der Waals surface area contributed by atoms with Crippen LogP contribution in [0.2, 0.25) is 0 Å². The smallest absolute Gasteiger partial charge is 0.460 e. The first-order valence-electron chi connectivity index (χ1n) is 7.84. The van der Waals surface area contributed by atoms with Crippen LogP contribution in [0.25, 0.3) is 0 Å². The third-order valence-corrected chi connectivity index (χ3v) is 4.22. The van der Waals surface area contributed by atoms with Gasteiger partial charge < -0.3 is 5.11 Å². The number of halogens is 19. The largest absolute Gasteiger partial charge is 0.478 e. The van der Waals surface area contributed by atoms with Crippen molar-refractivity contribution in [2.45, 2.75) is 66.9 Å². The Morgan fingerprint density at radius 2 is 0.800 bits per heavy atom. The Morgan fingerprint density at radius 3 is 1.03 bits per heavy atom. The Hall–Kier alpha value is -2.12. The van der Waals surface area contributed by atoms with E-state index in [4.69, 9.17) is 5.11 Å². The van der Waals surface area contributed by atoms with Crippen molar-refractivity contribution in [2.24, 2.45) is 0 Å². The Morgan fingerprint density at radius 1 is 0.543 bits per heavy atom. The van der Waals surface area contributed by atoms with Crippen molar-refractivity contribution >= 4 is 5.97 Å². The number of carboxylic acid groups (broad SMARTS) is 1. The number of aliphatic carboxylic acids is 1. The summed E-state index contributed by atoms with van der Waals surface area (Å²) in [6, 6.07) is 0. The number of hydrogen-bond donors (Lipinski definition) is 1. The lowest BCUT2D eigenvalue weighted by Crippen LogP contribution is -2.75. The van der Waals surface area contributed by atoms with Gasteiger partial charge >= 0.3 is 59.5 Å². The Balaban J connectivity index is 6.93. The highest BCUT2D eigenvalue weighted by atomic mass is 19.4. The summed E-state index contributed by atoms with van der Waals surface area (Å²) in [5, 5.41) is 8.38. The maximum atomic E-state index is 13.6. The van der Waals surface area contributed by atoms with Crippen LogP contribution in [0, 0.1) is 0 Å². The zero-order valence-corrected chi connectivity index (χ0v) is 15.8. The zero-order chi connectivity index (χ0) is 29.1. The molecular formula is C14H7F19O2. The number of rotatable bonds is 10. The van der Waals surface area contributed by atoms with E-state index >= 15 is 0 Å². The lowest BCUT2D eigenvalue weighted by atomic mass is 9.86. The van der Waals surface area contributed by atoms with Crippen molar-refractivity contribution in [1.82, 2.24) is 0 Å². The van der Waals surface area contributed by atoms with Gasteiger partial charge in [-0.1, -0.05) is 6.08 Å². The Kier molecular flexibility index (Phi) is 7.96. The fraction of sp³-hybridized carbons (Fsp3) is 0.786. The van der Waals surface area contributed by atoms with Crippen LogP contribution >= 0.6 is 0 Å². The van der Waals surface area contributed by atoms with Crippen LogP contribution in [0.4, 0.5) is 83.4 Å². The molecule has 2 nitrogen and oxygen atoms in total. The molecular weight excluding hydrogens is 561 g/mol. The van der Waals surface area contributed by atoms with Crippen LogP contribution < -0.4 is 0 Å². The third kappa shape index (κ3) is 4.35. The fourth-order valence-electron chi connectivity index (χ4n) is 2.04. The first kappa shape index (κ1) is 32.9. The summed E-state index contributed by atoms with van der Waals surface area (Å²) >= 11 is 0. The molecule has 0 bridgehead atoms. The average Bonchev–Trinajstić information content (AvgIpc) is 2.63. The minimum Gasteiger partial charge on any atom is -0.478 e. The SMILES string of the molecule is CC=C(CC(F)(F)C(F)(F)C(F)(F)C(F)(F)C(F)(F)C(F)(F)C(F)(F)C(F)(F)C(F)(F)F)C(=O)O. The molecule has 0 aromatic carbocycles. The highest BCUT2D eigenvalue weighted by Gasteiger charge is 2.96. The van der Waals surface area contributed by atoms with Crippen molar-refractivity contribution in [2.75, 3.05) is 0 Å². The second-order valence-electron chi connectivity index (χ2n) is 6.52. The number of hydrogen-bond acceptors (Lipinski definition) is 1. The van der Waals surface area contributed by atoms with E-state index in [1.54, 1.807) is 0 Å². The summed E-state index contributed by atoms with van der Waals surface area (Å²) in [4.78, 5) is 10.5. The second kappa shape index (κ2) is 8.48. The molecule has 0 aliphatic heterocycles. The monoisotopic (exact) mass is 568 g/mol. The number of carbonyl (C=O) groups is 1. The van der Waals surface area contributed by atoms with Gasteiger partial charge in [0.1, 0.15) is 0 Å². The minimum atomic E-state index is -9.00. The molecule has 0 radical (unpaired) electrons. The van der Waals surface area contributed by atoms with Gasteiger partial charge in [0.25, 0.3) is 0 Å². The van der Waals surface area contributed by atoms with Gasteiger partial charge in [0.15, 0.2) is 0 Å². The lowest BCUT2D eigenvalue weighted by molar-refractivity contribution is -0.468. The molecule has 0 saturated heterocycles. The van der Waals surface area contributed by atoms with Crippen LogP contribution in [0.1, 0.15) is 13.3 Å². The van der Waals surface area contributed by atoms with E-state index in [1.165, 1.54) is 0 Å². The Bertz CT molecular complexity index is 835. The van der Waals surface area contributed by atoms with Gasteiger partial charge in [-0.15, -0.1) is 0 Å². The standard InChI is InChI=1S/C14H7F19O2/c1-2-4(5(34)35)3-6(15,16)7(17,18)8(19,20)9(21,22)10(23,24)11(25,26)12(27,28)13(29,30)14(31,32)33/h2H,3H2,1H3,(H,34,35). The summed E-state index contributed by atoms with van der Waals surface area (Å²) in [6.07, 6.45) is -11.2. The number of carboxylic acids is 1. The van der Waals surface area contributed by atoms with Gasteiger partial charge in [-0.25, -0.2) is 4.79 Å². The van der Waals surface area contributed by atoms with E-state index in [-0.39, 0.29) is 6.08 Å². The van der Waals surface area contributed by atoms with Crippen LogP contribution in [0.15, 0.2) is 11.6 Å².